The molecule has 0 aliphatic carbocycles. The van der Waals surface area contributed by atoms with E-state index in [2.05, 4.69) is 0 Å². The van der Waals surface area contributed by atoms with E-state index in [9.17, 15) is 9.90 Å². The Kier molecular flexibility index (Phi) is 1.85. The Hall–Kier alpha value is -2.03. The molecule has 0 saturated carbocycles. The van der Waals surface area contributed by atoms with Crippen LogP contribution in [0.1, 0.15) is 10.4 Å². The zero-order chi connectivity index (χ0) is 10.1. The minimum absolute atomic E-state index is 0.111. The number of aromatic carboxylic acids is 1. The van der Waals surface area contributed by atoms with Gasteiger partial charge in [-0.15, -0.1) is 5.75 Å². The van der Waals surface area contributed by atoms with Crippen LogP contribution in [0, 0.1) is 0 Å². The molecule has 0 aliphatic heterocycles. The molecule has 2 aromatic carbocycles. The number of hydrogen-bond acceptors (Lipinski definition) is 2. The zero-order valence-corrected chi connectivity index (χ0v) is 7.23. The minimum atomic E-state index is -0.983. The van der Waals surface area contributed by atoms with Crippen molar-refractivity contribution in [1.82, 2.24) is 0 Å². The molecule has 0 spiro atoms. The van der Waals surface area contributed by atoms with Crippen LogP contribution in [-0.2, 0) is 0 Å². The Balaban J connectivity index is 2.69. The average Bonchev–Trinajstić information content (AvgIpc) is 2.16. The fourth-order valence-corrected chi connectivity index (χ4v) is 1.36. The summed E-state index contributed by atoms with van der Waals surface area (Å²) in [6.07, 6.45) is 0. The highest BCUT2D eigenvalue weighted by molar-refractivity contribution is 5.94. The summed E-state index contributed by atoms with van der Waals surface area (Å²) in [6, 6.07) is 9.29. The Labute approximate surface area is 80.2 Å². The lowest BCUT2D eigenvalue weighted by molar-refractivity contribution is -0.268. The molecular weight excluding hydrogens is 180 g/mol. The van der Waals surface area contributed by atoms with Crippen LogP contribution in [0.5, 0.6) is 5.75 Å². The highest BCUT2D eigenvalue weighted by Gasteiger charge is 2.02. The molecule has 0 unspecified atom stereocenters. The van der Waals surface area contributed by atoms with E-state index < -0.39 is 5.97 Å². The monoisotopic (exact) mass is 187 g/mol. The first-order chi connectivity index (χ1) is 6.66. The highest BCUT2D eigenvalue weighted by Crippen LogP contribution is 2.19. The second kappa shape index (κ2) is 3.03. The van der Waals surface area contributed by atoms with Gasteiger partial charge in [0.2, 0.25) is 0 Å². The molecule has 0 bridgehead atoms. The molecule has 0 radical (unpaired) electrons. The largest absolute Gasteiger partial charge is 0.872 e. The molecule has 3 heteroatoms. The minimum Gasteiger partial charge on any atom is -0.872 e. The summed E-state index contributed by atoms with van der Waals surface area (Å²) < 4.78 is 0. The van der Waals surface area contributed by atoms with Crippen molar-refractivity contribution in [2.45, 2.75) is 0 Å². The number of fused-ring (bicyclic) bond motifs is 1. The van der Waals surface area contributed by atoms with Gasteiger partial charge in [0.1, 0.15) is 0 Å². The van der Waals surface area contributed by atoms with Crippen molar-refractivity contribution in [3.63, 3.8) is 0 Å². The Morgan fingerprint density at radius 3 is 2.50 bits per heavy atom. The molecular formula is C11H7O3-. The number of carboxylic acids is 1. The first kappa shape index (κ1) is 8.56. The Morgan fingerprint density at radius 1 is 1.07 bits per heavy atom. The summed E-state index contributed by atoms with van der Waals surface area (Å²) in [6.45, 7) is 0. The van der Waals surface area contributed by atoms with Crippen molar-refractivity contribution in [2.75, 3.05) is 0 Å². The Bertz CT molecular complexity index is 503. The van der Waals surface area contributed by atoms with Crippen LogP contribution in [-0.4, -0.2) is 11.1 Å². The van der Waals surface area contributed by atoms with Crippen LogP contribution in [0.25, 0.3) is 10.8 Å². The summed E-state index contributed by atoms with van der Waals surface area (Å²) in [7, 11) is 0. The molecule has 1 N–H and O–H groups in total. The molecule has 70 valence electrons. The van der Waals surface area contributed by atoms with Gasteiger partial charge in [-0.1, -0.05) is 24.3 Å². The quantitative estimate of drug-likeness (QED) is 0.737. The van der Waals surface area contributed by atoms with Gasteiger partial charge < -0.3 is 10.2 Å². The van der Waals surface area contributed by atoms with E-state index in [1.807, 2.05) is 0 Å². The first-order valence-electron chi connectivity index (χ1n) is 4.11. The van der Waals surface area contributed by atoms with E-state index in [-0.39, 0.29) is 11.3 Å². The predicted octanol–water partition coefficient (Wildman–Crippen LogP) is 1.61. The highest BCUT2D eigenvalue weighted by atomic mass is 16.4. The van der Waals surface area contributed by atoms with Gasteiger partial charge in [0.15, 0.2) is 0 Å². The molecule has 2 aromatic rings. The average molecular weight is 187 g/mol. The van der Waals surface area contributed by atoms with E-state index >= 15 is 0 Å². The van der Waals surface area contributed by atoms with Crippen molar-refractivity contribution in [2.24, 2.45) is 0 Å². The molecule has 0 atom stereocenters. The van der Waals surface area contributed by atoms with Gasteiger partial charge in [0.25, 0.3) is 0 Å². The van der Waals surface area contributed by atoms with Crippen LogP contribution in [0.2, 0.25) is 0 Å². The van der Waals surface area contributed by atoms with E-state index in [4.69, 9.17) is 5.11 Å². The lowest BCUT2D eigenvalue weighted by atomic mass is 10.1. The van der Waals surface area contributed by atoms with Crippen molar-refractivity contribution < 1.29 is 15.0 Å². The van der Waals surface area contributed by atoms with Crippen molar-refractivity contribution in [3.05, 3.63) is 42.0 Å². The number of hydrogen-bond donors (Lipinski definition) is 1. The van der Waals surface area contributed by atoms with Crippen LogP contribution in [0.3, 0.4) is 0 Å². The second-order valence-electron chi connectivity index (χ2n) is 3.03. The van der Waals surface area contributed by atoms with Gasteiger partial charge in [0.05, 0.1) is 5.56 Å². The molecule has 2 rings (SSSR count). The number of carbonyl (C=O) groups is 1. The van der Waals surface area contributed by atoms with E-state index in [1.165, 1.54) is 24.3 Å². The third-order valence-electron chi connectivity index (χ3n) is 2.06. The van der Waals surface area contributed by atoms with Crippen LogP contribution >= 0.6 is 0 Å². The summed E-state index contributed by atoms with van der Waals surface area (Å²) >= 11 is 0. The van der Waals surface area contributed by atoms with E-state index in [1.54, 1.807) is 12.1 Å². The fraction of sp³-hybridized carbons (Fsp3) is 0. The fourth-order valence-electron chi connectivity index (χ4n) is 1.36. The van der Waals surface area contributed by atoms with Crippen LogP contribution < -0.4 is 5.11 Å². The zero-order valence-electron chi connectivity index (χ0n) is 7.23. The lowest BCUT2D eigenvalue weighted by Crippen LogP contribution is -1.95. The molecule has 0 fully saturated rings. The molecule has 0 aliphatic rings. The van der Waals surface area contributed by atoms with Gasteiger partial charge in [0, 0.05) is 0 Å². The molecule has 0 heterocycles. The predicted molar refractivity (Wildman–Crippen MR) is 50.4 cm³/mol. The standard InChI is InChI=1S/C11H8O3/c12-10-4-3-7-1-2-8(11(13)14)5-9(7)6-10/h1-6,12H,(H,13,14)/p-1. The molecule has 0 aromatic heterocycles. The van der Waals surface area contributed by atoms with Gasteiger partial charge >= 0.3 is 5.97 Å². The smallest absolute Gasteiger partial charge is 0.335 e. The summed E-state index contributed by atoms with van der Waals surface area (Å²) in [4.78, 5) is 10.7. The molecule has 14 heavy (non-hydrogen) atoms. The van der Waals surface area contributed by atoms with Gasteiger partial charge in [-0.25, -0.2) is 4.79 Å². The topological polar surface area (TPSA) is 60.4 Å². The lowest BCUT2D eigenvalue weighted by Gasteiger charge is -2.06. The summed E-state index contributed by atoms with van der Waals surface area (Å²) in [5, 5.41) is 21.3. The molecule has 0 amide bonds. The number of rotatable bonds is 1. The maximum absolute atomic E-state index is 11.0. The van der Waals surface area contributed by atoms with Crippen molar-refractivity contribution >= 4 is 16.7 Å². The van der Waals surface area contributed by atoms with Gasteiger partial charge in [-0.3, -0.25) is 0 Å². The third-order valence-corrected chi connectivity index (χ3v) is 2.06. The maximum atomic E-state index is 11.0. The molecule has 0 saturated heterocycles. The van der Waals surface area contributed by atoms with Crippen molar-refractivity contribution in [1.29, 1.82) is 0 Å². The van der Waals surface area contributed by atoms with E-state index in [0.717, 1.165) is 5.39 Å². The molecule has 3 nitrogen and oxygen atoms in total. The van der Waals surface area contributed by atoms with Gasteiger partial charge in [-0.05, 0) is 22.9 Å². The SMILES string of the molecule is O=C(O)c1ccc2ccc([O-])cc2c1. The normalized spacial score (nSPS) is 10.3. The van der Waals surface area contributed by atoms with Gasteiger partial charge in [-0.2, -0.15) is 0 Å². The van der Waals surface area contributed by atoms with Crippen LogP contribution in [0.15, 0.2) is 36.4 Å². The number of carboxylic acid groups (broad SMARTS) is 1. The summed E-state index contributed by atoms with van der Waals surface area (Å²) in [5.74, 6) is -1.09. The maximum Gasteiger partial charge on any atom is 0.335 e. The Morgan fingerprint density at radius 2 is 1.79 bits per heavy atom. The third kappa shape index (κ3) is 1.40. The van der Waals surface area contributed by atoms with Crippen LogP contribution in [0.4, 0.5) is 0 Å². The first-order valence-corrected chi connectivity index (χ1v) is 4.11. The number of benzene rings is 2. The van der Waals surface area contributed by atoms with Crippen molar-refractivity contribution in [3.8, 4) is 5.75 Å². The van der Waals surface area contributed by atoms with E-state index in [0.29, 0.717) is 5.39 Å². The second-order valence-corrected chi connectivity index (χ2v) is 3.03. The summed E-state index contributed by atoms with van der Waals surface area (Å²) in [5.41, 5.74) is 0.197.